The van der Waals surface area contributed by atoms with Gasteiger partial charge >= 0.3 is 6.09 Å². The van der Waals surface area contributed by atoms with Gasteiger partial charge in [-0.05, 0) is 18.4 Å². The summed E-state index contributed by atoms with van der Waals surface area (Å²) in [5.74, 6) is 0.202. The van der Waals surface area contributed by atoms with Crippen LogP contribution >= 0.6 is 0 Å². The molecule has 0 saturated carbocycles. The van der Waals surface area contributed by atoms with Gasteiger partial charge in [-0.1, -0.05) is 35.5 Å². The zero-order chi connectivity index (χ0) is 15.4. The molecule has 1 atom stereocenters. The van der Waals surface area contributed by atoms with Crippen LogP contribution in [0.2, 0.25) is 0 Å². The maximum absolute atomic E-state index is 12.2. The van der Waals surface area contributed by atoms with Crippen molar-refractivity contribution in [3.05, 3.63) is 41.7 Å². The van der Waals surface area contributed by atoms with Crippen molar-refractivity contribution in [2.75, 3.05) is 13.1 Å². The molecule has 8 nitrogen and oxygen atoms in total. The molecule has 1 amide bonds. The van der Waals surface area contributed by atoms with Gasteiger partial charge in [0, 0.05) is 6.54 Å². The number of carbonyl (C=O) groups excluding carboxylic acids is 1. The van der Waals surface area contributed by atoms with Gasteiger partial charge in [0.2, 0.25) is 5.82 Å². The number of piperidine rings is 1. The Bertz CT molecular complexity index is 619. The van der Waals surface area contributed by atoms with Crippen LogP contribution in [0.1, 0.15) is 24.2 Å². The van der Waals surface area contributed by atoms with E-state index < -0.39 is 11.7 Å². The number of aliphatic hydroxyl groups is 1. The highest BCUT2D eigenvalue weighted by Crippen LogP contribution is 2.28. The van der Waals surface area contributed by atoms with E-state index in [1.165, 1.54) is 4.90 Å². The molecule has 2 N–H and O–H groups in total. The SMILES string of the molecule is O=C(OCc1ccccc1)N1CCCC(O)(c2nn[nH]n2)C1. The number of ether oxygens (including phenoxy) is 1. The lowest BCUT2D eigenvalue weighted by Crippen LogP contribution is -2.49. The molecule has 1 aliphatic rings. The van der Waals surface area contributed by atoms with Gasteiger partial charge < -0.3 is 14.7 Å². The zero-order valence-corrected chi connectivity index (χ0v) is 12.0. The molecule has 1 saturated heterocycles. The largest absolute Gasteiger partial charge is 0.445 e. The topological polar surface area (TPSA) is 104 Å². The van der Waals surface area contributed by atoms with Gasteiger partial charge in [-0.25, -0.2) is 4.79 Å². The van der Waals surface area contributed by atoms with Crippen LogP contribution in [0.5, 0.6) is 0 Å². The Balaban J connectivity index is 1.61. The van der Waals surface area contributed by atoms with E-state index >= 15 is 0 Å². The van der Waals surface area contributed by atoms with Crippen molar-refractivity contribution in [3.63, 3.8) is 0 Å². The van der Waals surface area contributed by atoms with E-state index in [2.05, 4.69) is 20.6 Å². The fraction of sp³-hybridized carbons (Fsp3) is 0.429. The van der Waals surface area contributed by atoms with Crippen molar-refractivity contribution in [1.29, 1.82) is 0 Å². The molecule has 0 radical (unpaired) electrons. The number of nitrogens with one attached hydrogen (secondary N) is 1. The number of likely N-dealkylation sites (tertiary alicyclic amines) is 1. The lowest BCUT2D eigenvalue weighted by Gasteiger charge is -2.36. The first-order valence-corrected chi connectivity index (χ1v) is 7.09. The Morgan fingerprint density at radius 2 is 2.23 bits per heavy atom. The van der Waals surface area contributed by atoms with E-state index in [0.717, 1.165) is 5.56 Å². The van der Waals surface area contributed by atoms with Gasteiger partial charge in [0.25, 0.3) is 0 Å². The van der Waals surface area contributed by atoms with Crippen molar-refractivity contribution in [2.24, 2.45) is 0 Å². The number of β-amino-alcohol motifs (C(OH)–C–C–N with tert-alkyl or cyclic N) is 1. The van der Waals surface area contributed by atoms with E-state index in [1.807, 2.05) is 30.3 Å². The normalized spacial score (nSPS) is 21.6. The monoisotopic (exact) mass is 303 g/mol. The highest BCUT2D eigenvalue weighted by molar-refractivity contribution is 5.68. The van der Waals surface area contributed by atoms with Crippen LogP contribution < -0.4 is 0 Å². The number of amides is 1. The van der Waals surface area contributed by atoms with Crippen molar-refractivity contribution in [3.8, 4) is 0 Å². The van der Waals surface area contributed by atoms with Gasteiger partial charge in [0.05, 0.1) is 6.54 Å². The molecule has 1 unspecified atom stereocenters. The molecule has 116 valence electrons. The second kappa shape index (κ2) is 6.10. The lowest BCUT2D eigenvalue weighted by atomic mass is 9.92. The van der Waals surface area contributed by atoms with E-state index in [9.17, 15) is 9.90 Å². The average molecular weight is 303 g/mol. The van der Waals surface area contributed by atoms with Crippen LogP contribution in [0.3, 0.4) is 0 Å². The van der Waals surface area contributed by atoms with Gasteiger partial charge in [-0.2, -0.15) is 5.21 Å². The molecule has 2 aromatic rings. The predicted octanol–water partition coefficient (Wildman–Crippen LogP) is 0.820. The van der Waals surface area contributed by atoms with Gasteiger partial charge in [-0.3, -0.25) is 0 Å². The number of tetrazole rings is 1. The molecule has 0 bridgehead atoms. The number of hydrogen-bond acceptors (Lipinski definition) is 6. The molecule has 2 heterocycles. The summed E-state index contributed by atoms with van der Waals surface area (Å²) in [4.78, 5) is 13.6. The van der Waals surface area contributed by atoms with Gasteiger partial charge in [0.15, 0.2) is 0 Å². The van der Waals surface area contributed by atoms with Crippen LogP contribution in [0.4, 0.5) is 4.79 Å². The number of rotatable bonds is 3. The third-order valence-electron chi connectivity index (χ3n) is 3.70. The summed E-state index contributed by atoms with van der Waals surface area (Å²) in [5.41, 5.74) is -0.363. The standard InChI is InChI=1S/C14H17N5O3/c20-13(22-9-11-5-2-1-3-6-11)19-8-4-7-14(21,10-19)12-15-17-18-16-12/h1-3,5-6,21H,4,7-10H2,(H,15,16,17,18). The Morgan fingerprint density at radius 1 is 1.41 bits per heavy atom. The Labute approximate surface area is 127 Å². The summed E-state index contributed by atoms with van der Waals surface area (Å²) < 4.78 is 5.29. The minimum absolute atomic E-state index is 0.0974. The van der Waals surface area contributed by atoms with Gasteiger partial charge in [0.1, 0.15) is 12.2 Å². The first kappa shape index (κ1) is 14.5. The number of aromatic nitrogens is 4. The fourth-order valence-electron chi connectivity index (χ4n) is 2.54. The average Bonchev–Trinajstić information content (AvgIpc) is 3.09. The van der Waals surface area contributed by atoms with Crippen molar-refractivity contribution in [1.82, 2.24) is 25.5 Å². The fourth-order valence-corrected chi connectivity index (χ4v) is 2.54. The Kier molecular flexibility index (Phi) is 4.01. The maximum atomic E-state index is 12.2. The number of H-pyrrole nitrogens is 1. The van der Waals surface area contributed by atoms with Crippen molar-refractivity contribution < 1.29 is 14.6 Å². The Morgan fingerprint density at radius 3 is 2.95 bits per heavy atom. The first-order valence-electron chi connectivity index (χ1n) is 7.09. The zero-order valence-electron chi connectivity index (χ0n) is 12.0. The molecule has 0 aliphatic carbocycles. The summed E-state index contributed by atoms with van der Waals surface area (Å²) in [7, 11) is 0. The molecule has 0 spiro atoms. The number of hydrogen-bond donors (Lipinski definition) is 2. The molecular formula is C14H17N5O3. The lowest BCUT2D eigenvalue weighted by molar-refractivity contribution is -0.0410. The quantitative estimate of drug-likeness (QED) is 0.870. The molecule has 1 aliphatic heterocycles. The number of carbonyl (C=O) groups is 1. The molecule has 8 heteroatoms. The molecule has 3 rings (SSSR count). The summed E-state index contributed by atoms with van der Waals surface area (Å²) in [6.07, 6.45) is 0.672. The highest BCUT2D eigenvalue weighted by Gasteiger charge is 2.40. The summed E-state index contributed by atoms with van der Waals surface area (Å²) in [6.45, 7) is 0.838. The van der Waals surface area contributed by atoms with Crippen molar-refractivity contribution in [2.45, 2.75) is 25.0 Å². The van der Waals surface area contributed by atoms with Crippen LogP contribution in [0, 0.1) is 0 Å². The predicted molar refractivity (Wildman–Crippen MR) is 75.5 cm³/mol. The third-order valence-corrected chi connectivity index (χ3v) is 3.70. The number of nitrogens with zero attached hydrogens (tertiary/aromatic N) is 4. The van der Waals surface area contributed by atoms with Crippen LogP contribution in [0.15, 0.2) is 30.3 Å². The smallest absolute Gasteiger partial charge is 0.410 e. The number of aromatic amines is 1. The molecule has 1 aromatic heterocycles. The molecule has 22 heavy (non-hydrogen) atoms. The van der Waals surface area contributed by atoms with E-state index in [-0.39, 0.29) is 19.0 Å². The minimum atomic E-state index is -1.28. The van der Waals surface area contributed by atoms with E-state index in [0.29, 0.717) is 19.4 Å². The molecular weight excluding hydrogens is 286 g/mol. The maximum Gasteiger partial charge on any atom is 0.410 e. The molecule has 1 aromatic carbocycles. The van der Waals surface area contributed by atoms with Crippen LogP contribution in [-0.4, -0.2) is 49.8 Å². The highest BCUT2D eigenvalue weighted by atomic mass is 16.6. The first-order chi connectivity index (χ1) is 10.7. The van der Waals surface area contributed by atoms with E-state index in [1.54, 1.807) is 0 Å². The number of benzene rings is 1. The summed E-state index contributed by atoms with van der Waals surface area (Å²) >= 11 is 0. The van der Waals surface area contributed by atoms with Crippen molar-refractivity contribution >= 4 is 6.09 Å². The second-order valence-corrected chi connectivity index (χ2v) is 5.33. The Hall–Kier alpha value is -2.48. The summed E-state index contributed by atoms with van der Waals surface area (Å²) in [6, 6.07) is 9.46. The molecule has 1 fully saturated rings. The second-order valence-electron chi connectivity index (χ2n) is 5.33. The third kappa shape index (κ3) is 3.06. The minimum Gasteiger partial charge on any atom is -0.445 e. The van der Waals surface area contributed by atoms with Crippen LogP contribution in [-0.2, 0) is 16.9 Å². The van der Waals surface area contributed by atoms with Gasteiger partial charge in [-0.15, -0.1) is 10.2 Å². The van der Waals surface area contributed by atoms with E-state index in [4.69, 9.17) is 4.74 Å². The van der Waals surface area contributed by atoms with Crippen LogP contribution in [0.25, 0.3) is 0 Å². The summed E-state index contributed by atoms with van der Waals surface area (Å²) in [5, 5.41) is 24.0.